The van der Waals surface area contributed by atoms with Gasteiger partial charge in [0.2, 0.25) is 10.0 Å². The van der Waals surface area contributed by atoms with Crippen molar-refractivity contribution < 1.29 is 26.4 Å². The molecule has 2 aromatic rings. The zero-order valence-electron chi connectivity index (χ0n) is 14.5. The average Bonchev–Trinajstić information content (AvgIpc) is 2.67. The molecule has 10 heteroatoms. The number of rotatable bonds is 3. The van der Waals surface area contributed by atoms with E-state index >= 15 is 0 Å². The molecule has 0 spiro atoms. The van der Waals surface area contributed by atoms with Crippen LogP contribution in [0, 0.1) is 0 Å². The second-order valence-electron chi connectivity index (χ2n) is 6.23. The summed E-state index contributed by atoms with van der Waals surface area (Å²) in [6.07, 6.45) is -4.54. The molecule has 2 aromatic carbocycles. The number of carbonyl (C=O) groups is 1. The largest absolute Gasteiger partial charge is 0.416 e. The number of nitrogens with zero attached hydrogens (tertiary/aromatic N) is 2. The lowest BCUT2D eigenvalue weighted by Gasteiger charge is -2.34. The van der Waals surface area contributed by atoms with E-state index in [1.54, 1.807) is 6.07 Å². The first-order valence-corrected chi connectivity index (χ1v) is 10.1. The van der Waals surface area contributed by atoms with Crippen LogP contribution in [0.1, 0.15) is 15.9 Å². The molecule has 0 aliphatic carbocycles. The van der Waals surface area contributed by atoms with Gasteiger partial charge in [0.1, 0.15) is 0 Å². The van der Waals surface area contributed by atoms with Gasteiger partial charge in [-0.25, -0.2) is 8.42 Å². The first-order valence-electron chi connectivity index (χ1n) is 8.31. The molecule has 1 aliphatic heterocycles. The van der Waals surface area contributed by atoms with Crippen LogP contribution in [0.3, 0.4) is 0 Å². The number of hydrogen-bond donors (Lipinski definition) is 0. The zero-order valence-corrected chi connectivity index (χ0v) is 16.1. The highest BCUT2D eigenvalue weighted by atomic mass is 35.5. The second-order valence-corrected chi connectivity index (χ2v) is 8.61. The van der Waals surface area contributed by atoms with Gasteiger partial charge in [-0.3, -0.25) is 4.79 Å². The SMILES string of the molecule is O=C(c1cccc(C(F)(F)F)c1)N1CCN(S(=O)(=O)c2cccc(Cl)c2)CC1. The summed E-state index contributed by atoms with van der Waals surface area (Å²) in [5.41, 5.74) is -0.985. The Bertz CT molecular complexity index is 988. The predicted octanol–water partition coefficient (Wildman–Crippen LogP) is 3.51. The van der Waals surface area contributed by atoms with Gasteiger partial charge in [0.15, 0.2) is 0 Å². The maximum Gasteiger partial charge on any atom is 0.416 e. The Morgan fingerprint density at radius 1 is 0.964 bits per heavy atom. The highest BCUT2D eigenvalue weighted by molar-refractivity contribution is 7.89. The summed E-state index contributed by atoms with van der Waals surface area (Å²) in [5.74, 6) is -0.564. The molecule has 5 nitrogen and oxygen atoms in total. The van der Waals surface area contributed by atoms with Crippen LogP contribution in [0.4, 0.5) is 13.2 Å². The standard InChI is InChI=1S/C18H16ClF3N2O3S/c19-15-5-2-6-16(12-15)28(26,27)24-9-7-23(8-10-24)17(25)13-3-1-4-14(11-13)18(20,21)22/h1-6,11-12H,7-10H2. The molecule has 0 radical (unpaired) electrons. The van der Waals surface area contributed by atoms with Crippen LogP contribution in [-0.2, 0) is 16.2 Å². The fraction of sp³-hybridized carbons (Fsp3) is 0.278. The number of sulfonamides is 1. The van der Waals surface area contributed by atoms with Crippen LogP contribution in [0.2, 0.25) is 5.02 Å². The number of halogens is 4. The van der Waals surface area contributed by atoms with Gasteiger partial charge >= 0.3 is 6.18 Å². The predicted molar refractivity (Wildman–Crippen MR) is 97.6 cm³/mol. The van der Waals surface area contributed by atoms with Gasteiger partial charge in [-0.15, -0.1) is 0 Å². The molecule has 1 heterocycles. The monoisotopic (exact) mass is 432 g/mol. The maximum atomic E-state index is 12.8. The van der Waals surface area contributed by atoms with Crippen molar-refractivity contribution in [1.29, 1.82) is 0 Å². The first-order chi connectivity index (χ1) is 13.1. The molecule has 0 saturated carbocycles. The summed E-state index contributed by atoms with van der Waals surface area (Å²) in [5, 5.41) is 0.291. The fourth-order valence-electron chi connectivity index (χ4n) is 2.92. The lowest BCUT2D eigenvalue weighted by Crippen LogP contribution is -2.50. The van der Waals surface area contributed by atoms with Crippen LogP contribution in [0.15, 0.2) is 53.4 Å². The molecule has 0 N–H and O–H groups in total. The van der Waals surface area contributed by atoms with Gasteiger partial charge in [-0.05, 0) is 36.4 Å². The minimum absolute atomic E-state index is 0.0412. The summed E-state index contributed by atoms with van der Waals surface area (Å²) in [7, 11) is -3.76. The Morgan fingerprint density at radius 2 is 1.61 bits per heavy atom. The molecule has 0 aromatic heterocycles. The van der Waals surface area contributed by atoms with Crippen LogP contribution >= 0.6 is 11.6 Å². The van der Waals surface area contributed by atoms with Gasteiger partial charge < -0.3 is 4.90 Å². The van der Waals surface area contributed by atoms with Crippen LogP contribution < -0.4 is 0 Å². The number of amides is 1. The molecule has 1 amide bonds. The molecule has 28 heavy (non-hydrogen) atoms. The topological polar surface area (TPSA) is 57.7 Å². The average molecular weight is 433 g/mol. The Kier molecular flexibility index (Phi) is 5.69. The maximum absolute atomic E-state index is 12.8. The number of alkyl halides is 3. The van der Waals surface area contributed by atoms with E-state index in [9.17, 15) is 26.4 Å². The molecular weight excluding hydrogens is 417 g/mol. The molecule has 0 unspecified atom stereocenters. The van der Waals surface area contributed by atoms with Gasteiger partial charge in [0, 0.05) is 36.8 Å². The van der Waals surface area contributed by atoms with Gasteiger partial charge in [0.05, 0.1) is 10.5 Å². The summed E-state index contributed by atoms with van der Waals surface area (Å²) < 4.78 is 65.1. The van der Waals surface area contributed by atoms with Crippen molar-refractivity contribution in [3.05, 3.63) is 64.7 Å². The Balaban J connectivity index is 1.71. The minimum atomic E-state index is -4.54. The quantitative estimate of drug-likeness (QED) is 0.745. The highest BCUT2D eigenvalue weighted by Crippen LogP contribution is 2.30. The van der Waals surface area contributed by atoms with Crippen molar-refractivity contribution >= 4 is 27.5 Å². The van der Waals surface area contributed by atoms with Crippen molar-refractivity contribution in [3.8, 4) is 0 Å². The van der Waals surface area contributed by atoms with Crippen molar-refractivity contribution in [2.45, 2.75) is 11.1 Å². The van der Waals surface area contributed by atoms with Gasteiger partial charge in [-0.1, -0.05) is 23.7 Å². The third-order valence-electron chi connectivity index (χ3n) is 4.40. The fourth-order valence-corrected chi connectivity index (χ4v) is 4.64. The number of piperazine rings is 1. The number of benzene rings is 2. The third kappa shape index (κ3) is 4.31. The minimum Gasteiger partial charge on any atom is -0.336 e. The second kappa shape index (κ2) is 7.73. The molecule has 1 aliphatic rings. The first kappa shape index (κ1) is 20.6. The Labute approximate surface area is 165 Å². The lowest BCUT2D eigenvalue weighted by molar-refractivity contribution is -0.137. The summed E-state index contributed by atoms with van der Waals surface area (Å²) in [4.78, 5) is 13.9. The van der Waals surface area contributed by atoms with E-state index < -0.39 is 27.7 Å². The molecule has 150 valence electrons. The van der Waals surface area contributed by atoms with E-state index in [4.69, 9.17) is 11.6 Å². The molecule has 1 fully saturated rings. The third-order valence-corrected chi connectivity index (χ3v) is 6.53. The summed E-state index contributed by atoms with van der Waals surface area (Å²) in [6.45, 7) is 0.239. The van der Waals surface area contributed by atoms with E-state index in [1.165, 1.54) is 39.5 Å². The van der Waals surface area contributed by atoms with Crippen LogP contribution in [0.5, 0.6) is 0 Å². The summed E-state index contributed by atoms with van der Waals surface area (Å²) in [6, 6.07) is 10.1. The molecule has 0 bridgehead atoms. The molecule has 1 saturated heterocycles. The van der Waals surface area contributed by atoms with E-state index in [2.05, 4.69) is 0 Å². The molecule has 0 atom stereocenters. The van der Waals surface area contributed by atoms with E-state index in [0.717, 1.165) is 12.1 Å². The molecular formula is C18H16ClF3N2O3S. The van der Waals surface area contributed by atoms with Crippen molar-refractivity contribution in [2.24, 2.45) is 0 Å². The number of carbonyl (C=O) groups excluding carboxylic acids is 1. The highest BCUT2D eigenvalue weighted by Gasteiger charge is 2.33. The smallest absolute Gasteiger partial charge is 0.336 e. The van der Waals surface area contributed by atoms with E-state index in [-0.39, 0.29) is 36.6 Å². The van der Waals surface area contributed by atoms with Gasteiger partial charge in [-0.2, -0.15) is 17.5 Å². The van der Waals surface area contributed by atoms with E-state index in [1.807, 2.05) is 0 Å². The van der Waals surface area contributed by atoms with Crippen LogP contribution in [0.25, 0.3) is 0 Å². The van der Waals surface area contributed by atoms with Crippen LogP contribution in [-0.4, -0.2) is 49.7 Å². The van der Waals surface area contributed by atoms with Crippen molar-refractivity contribution in [1.82, 2.24) is 9.21 Å². The Hall–Kier alpha value is -2.10. The molecule has 3 rings (SSSR count). The zero-order chi connectivity index (χ0) is 20.5. The number of hydrogen-bond acceptors (Lipinski definition) is 3. The van der Waals surface area contributed by atoms with Crippen molar-refractivity contribution in [2.75, 3.05) is 26.2 Å². The van der Waals surface area contributed by atoms with Crippen molar-refractivity contribution in [3.63, 3.8) is 0 Å². The lowest BCUT2D eigenvalue weighted by atomic mass is 10.1. The van der Waals surface area contributed by atoms with E-state index in [0.29, 0.717) is 5.02 Å². The Morgan fingerprint density at radius 3 is 2.21 bits per heavy atom. The normalized spacial score (nSPS) is 16.2. The summed E-state index contributed by atoms with van der Waals surface area (Å²) >= 11 is 5.85. The van der Waals surface area contributed by atoms with Gasteiger partial charge in [0.25, 0.3) is 5.91 Å².